The Morgan fingerprint density at radius 3 is 2.45 bits per heavy atom. The van der Waals surface area contributed by atoms with E-state index in [1.54, 1.807) is 6.07 Å². The van der Waals surface area contributed by atoms with Crippen molar-refractivity contribution in [2.75, 3.05) is 5.32 Å². The highest BCUT2D eigenvalue weighted by Crippen LogP contribution is 2.43. The zero-order valence-corrected chi connectivity index (χ0v) is 11.0. The third kappa shape index (κ3) is 2.65. The summed E-state index contributed by atoms with van der Waals surface area (Å²) in [5.41, 5.74) is 2.55. The molecule has 2 aromatic rings. The van der Waals surface area contributed by atoms with Crippen LogP contribution in [-0.4, -0.2) is 0 Å². The van der Waals surface area contributed by atoms with Gasteiger partial charge in [0.1, 0.15) is 11.9 Å². The van der Waals surface area contributed by atoms with Crippen LogP contribution < -0.4 is 5.32 Å². The largest absolute Gasteiger partial charge is 0.377 e. The first-order chi connectivity index (χ1) is 9.78. The van der Waals surface area contributed by atoms with Gasteiger partial charge in [0.2, 0.25) is 0 Å². The minimum absolute atomic E-state index is 0.144. The highest BCUT2D eigenvalue weighted by atomic mass is 19.1. The molecule has 0 aliphatic heterocycles. The summed E-state index contributed by atoms with van der Waals surface area (Å²) in [7, 11) is 0. The molecule has 1 aliphatic rings. The van der Waals surface area contributed by atoms with Crippen molar-refractivity contribution in [2.24, 2.45) is 5.92 Å². The Morgan fingerprint density at radius 1 is 1.10 bits per heavy atom. The molecule has 1 unspecified atom stereocenters. The Morgan fingerprint density at radius 2 is 1.80 bits per heavy atom. The normalized spacial score (nSPS) is 15.4. The Hall–Kier alpha value is -2.34. The molecular weight excluding hydrogens is 251 g/mol. The van der Waals surface area contributed by atoms with Crippen molar-refractivity contribution in [2.45, 2.75) is 18.9 Å². The fourth-order valence-electron chi connectivity index (χ4n) is 2.45. The number of nitriles is 1. The van der Waals surface area contributed by atoms with Crippen molar-refractivity contribution in [1.82, 2.24) is 0 Å². The number of hydrogen-bond donors (Lipinski definition) is 1. The molecule has 0 amide bonds. The molecule has 2 nitrogen and oxygen atoms in total. The van der Waals surface area contributed by atoms with Crippen molar-refractivity contribution in [1.29, 1.82) is 5.26 Å². The van der Waals surface area contributed by atoms with E-state index in [1.165, 1.54) is 25.0 Å². The number of para-hydroxylation sites is 1. The number of nitrogens with zero attached hydrogens (tertiary/aromatic N) is 1. The highest BCUT2D eigenvalue weighted by Gasteiger charge is 2.32. The Kier molecular flexibility index (Phi) is 3.39. The van der Waals surface area contributed by atoms with Crippen molar-refractivity contribution >= 4 is 5.69 Å². The average molecular weight is 266 g/mol. The van der Waals surface area contributed by atoms with Crippen LogP contribution in [0, 0.1) is 23.1 Å². The summed E-state index contributed by atoms with van der Waals surface area (Å²) < 4.78 is 13.0. The van der Waals surface area contributed by atoms with Crippen LogP contribution in [0.4, 0.5) is 10.1 Å². The minimum atomic E-state index is -0.222. The second-order valence-electron chi connectivity index (χ2n) is 5.17. The quantitative estimate of drug-likeness (QED) is 0.897. The molecular formula is C17H15FN2. The minimum Gasteiger partial charge on any atom is -0.377 e. The number of hydrogen-bond acceptors (Lipinski definition) is 2. The van der Waals surface area contributed by atoms with Gasteiger partial charge in [0.05, 0.1) is 17.3 Å². The monoisotopic (exact) mass is 266 g/mol. The topological polar surface area (TPSA) is 35.8 Å². The molecule has 1 N–H and O–H groups in total. The van der Waals surface area contributed by atoms with E-state index in [4.69, 9.17) is 5.26 Å². The molecule has 0 saturated heterocycles. The lowest BCUT2D eigenvalue weighted by Crippen LogP contribution is -2.13. The molecule has 3 heteroatoms. The maximum atomic E-state index is 13.0. The maximum absolute atomic E-state index is 13.0. The van der Waals surface area contributed by atoms with Gasteiger partial charge in [0.25, 0.3) is 0 Å². The molecule has 0 aromatic heterocycles. The summed E-state index contributed by atoms with van der Waals surface area (Å²) in [6, 6.07) is 16.4. The molecule has 20 heavy (non-hydrogen) atoms. The highest BCUT2D eigenvalue weighted by molar-refractivity contribution is 5.58. The van der Waals surface area contributed by atoms with Crippen LogP contribution in [0.2, 0.25) is 0 Å². The van der Waals surface area contributed by atoms with Crippen LogP contribution >= 0.6 is 0 Å². The predicted molar refractivity (Wildman–Crippen MR) is 76.6 cm³/mol. The van der Waals surface area contributed by atoms with Gasteiger partial charge in [-0.25, -0.2) is 4.39 Å². The van der Waals surface area contributed by atoms with Crippen LogP contribution in [0.1, 0.15) is 30.0 Å². The lowest BCUT2D eigenvalue weighted by Gasteiger charge is -2.20. The predicted octanol–water partition coefficient (Wildman–Crippen LogP) is 4.26. The molecule has 3 rings (SSSR count). The first kappa shape index (κ1) is 12.7. The van der Waals surface area contributed by atoms with Crippen molar-refractivity contribution in [3.63, 3.8) is 0 Å². The molecule has 2 aromatic carbocycles. The van der Waals surface area contributed by atoms with E-state index in [0.717, 1.165) is 11.3 Å². The summed E-state index contributed by atoms with van der Waals surface area (Å²) in [6.07, 6.45) is 2.34. The zero-order valence-electron chi connectivity index (χ0n) is 11.0. The van der Waals surface area contributed by atoms with Crippen molar-refractivity contribution < 1.29 is 4.39 Å². The number of anilines is 1. The summed E-state index contributed by atoms with van der Waals surface area (Å²) in [5, 5.41) is 12.6. The molecule has 0 heterocycles. The van der Waals surface area contributed by atoms with Gasteiger partial charge in [-0.05, 0) is 48.6 Å². The fourth-order valence-corrected chi connectivity index (χ4v) is 2.45. The van der Waals surface area contributed by atoms with E-state index in [2.05, 4.69) is 11.4 Å². The van der Waals surface area contributed by atoms with Gasteiger partial charge in [-0.15, -0.1) is 0 Å². The summed E-state index contributed by atoms with van der Waals surface area (Å²) in [4.78, 5) is 0. The molecule has 1 saturated carbocycles. The van der Waals surface area contributed by atoms with Crippen LogP contribution in [0.25, 0.3) is 0 Å². The van der Waals surface area contributed by atoms with Gasteiger partial charge >= 0.3 is 0 Å². The van der Waals surface area contributed by atoms with Gasteiger partial charge in [-0.1, -0.05) is 24.3 Å². The first-order valence-corrected chi connectivity index (χ1v) is 6.79. The lowest BCUT2D eigenvalue weighted by molar-refractivity contribution is 0.622. The molecule has 0 spiro atoms. The molecule has 0 radical (unpaired) electrons. The lowest BCUT2D eigenvalue weighted by atomic mass is 10.0. The van der Waals surface area contributed by atoms with E-state index in [0.29, 0.717) is 11.5 Å². The average Bonchev–Trinajstić information content (AvgIpc) is 3.31. The zero-order chi connectivity index (χ0) is 13.9. The third-order valence-electron chi connectivity index (χ3n) is 3.68. The van der Waals surface area contributed by atoms with Gasteiger partial charge in [0, 0.05) is 0 Å². The van der Waals surface area contributed by atoms with Gasteiger partial charge in [-0.2, -0.15) is 5.26 Å². The molecule has 100 valence electrons. The smallest absolute Gasteiger partial charge is 0.123 e. The fraction of sp³-hybridized carbons (Fsp3) is 0.235. The number of rotatable bonds is 4. The van der Waals surface area contributed by atoms with Gasteiger partial charge < -0.3 is 5.32 Å². The second kappa shape index (κ2) is 5.34. The Bertz CT molecular complexity index is 639. The third-order valence-corrected chi connectivity index (χ3v) is 3.68. The Balaban J connectivity index is 1.88. The standard InChI is InChI=1S/C17H15FN2/c18-15-9-7-13(8-10-15)17(12-5-6-12)20-16-4-2-1-3-14(16)11-19/h1-4,7-10,12,17,20H,5-6H2. The Labute approximate surface area is 117 Å². The van der Waals surface area contributed by atoms with Gasteiger partial charge in [-0.3, -0.25) is 0 Å². The summed E-state index contributed by atoms with van der Waals surface area (Å²) in [6.45, 7) is 0. The van der Waals surface area contributed by atoms with Crippen LogP contribution in [0.5, 0.6) is 0 Å². The van der Waals surface area contributed by atoms with Crippen LogP contribution in [-0.2, 0) is 0 Å². The van der Waals surface area contributed by atoms with E-state index < -0.39 is 0 Å². The van der Waals surface area contributed by atoms with Crippen molar-refractivity contribution in [3.8, 4) is 6.07 Å². The van der Waals surface area contributed by atoms with E-state index in [9.17, 15) is 4.39 Å². The molecule has 1 atom stereocenters. The second-order valence-corrected chi connectivity index (χ2v) is 5.17. The number of benzene rings is 2. The van der Waals surface area contributed by atoms with Crippen LogP contribution in [0.15, 0.2) is 48.5 Å². The number of nitrogens with one attached hydrogen (secondary N) is 1. The molecule has 1 aliphatic carbocycles. The molecule has 0 bridgehead atoms. The van der Waals surface area contributed by atoms with Crippen LogP contribution in [0.3, 0.4) is 0 Å². The molecule has 1 fully saturated rings. The van der Waals surface area contributed by atoms with E-state index in [1.807, 2.05) is 30.3 Å². The SMILES string of the molecule is N#Cc1ccccc1NC(c1ccc(F)cc1)C1CC1. The number of halogens is 1. The summed E-state index contributed by atoms with van der Waals surface area (Å²) in [5.74, 6) is 0.341. The van der Waals surface area contributed by atoms with Gasteiger partial charge in [0.15, 0.2) is 0 Å². The van der Waals surface area contributed by atoms with E-state index in [-0.39, 0.29) is 11.9 Å². The van der Waals surface area contributed by atoms with Crippen molar-refractivity contribution in [3.05, 3.63) is 65.5 Å². The first-order valence-electron chi connectivity index (χ1n) is 6.79. The van der Waals surface area contributed by atoms with E-state index >= 15 is 0 Å². The summed E-state index contributed by atoms with van der Waals surface area (Å²) >= 11 is 0. The maximum Gasteiger partial charge on any atom is 0.123 e.